The van der Waals surface area contributed by atoms with Gasteiger partial charge in [0, 0.05) is 16.1 Å². The van der Waals surface area contributed by atoms with E-state index in [2.05, 4.69) is 29.3 Å². The zero-order chi connectivity index (χ0) is 15.1. The van der Waals surface area contributed by atoms with Crippen LogP contribution in [0.1, 0.15) is 22.5 Å². The molecular formula is C17H13ClN4. The fourth-order valence-electron chi connectivity index (χ4n) is 2.78. The quantitative estimate of drug-likeness (QED) is 0.689. The number of aryl methyl sites for hydroxylation is 1. The molecule has 1 aliphatic rings. The van der Waals surface area contributed by atoms with Gasteiger partial charge in [-0.2, -0.15) is 0 Å². The lowest BCUT2D eigenvalue weighted by atomic mass is 9.97. The molecule has 0 fully saturated rings. The topological polar surface area (TPSA) is 43.1 Å². The first-order valence-electron chi connectivity index (χ1n) is 7.03. The largest absolute Gasteiger partial charge is 0.283 e. The highest BCUT2D eigenvalue weighted by Gasteiger charge is 2.20. The van der Waals surface area contributed by atoms with E-state index in [1.165, 1.54) is 5.56 Å². The van der Waals surface area contributed by atoms with E-state index in [-0.39, 0.29) is 0 Å². The predicted octanol–water partition coefficient (Wildman–Crippen LogP) is 3.58. The molecule has 22 heavy (non-hydrogen) atoms. The van der Waals surface area contributed by atoms with E-state index in [9.17, 15) is 0 Å². The van der Waals surface area contributed by atoms with Crippen molar-refractivity contribution in [3.05, 3.63) is 76.3 Å². The van der Waals surface area contributed by atoms with Gasteiger partial charge in [-0.05, 0) is 30.7 Å². The minimum Gasteiger partial charge on any atom is -0.283 e. The van der Waals surface area contributed by atoms with Gasteiger partial charge in [-0.3, -0.25) is 9.56 Å². The summed E-state index contributed by atoms with van der Waals surface area (Å²) in [5.41, 5.74) is 5.25. The molecule has 2 aromatic carbocycles. The van der Waals surface area contributed by atoms with Gasteiger partial charge in [-0.25, -0.2) is 0 Å². The number of rotatable bonds is 1. The molecule has 4 rings (SSSR count). The summed E-state index contributed by atoms with van der Waals surface area (Å²) in [4.78, 5) is 4.78. The highest BCUT2D eigenvalue weighted by atomic mass is 35.5. The van der Waals surface area contributed by atoms with Crippen molar-refractivity contribution in [1.82, 2.24) is 14.8 Å². The maximum atomic E-state index is 6.23. The Labute approximate surface area is 133 Å². The molecule has 1 aromatic heterocycles. The minimum atomic E-state index is 0.496. The van der Waals surface area contributed by atoms with Crippen LogP contribution < -0.4 is 0 Å². The molecule has 0 N–H and O–H groups in total. The molecule has 0 aliphatic carbocycles. The SMILES string of the molecule is Cc1ccccc1C1=NCc2nncn2-c2ccc(Cl)cc21. The third-order valence-corrected chi connectivity index (χ3v) is 4.11. The van der Waals surface area contributed by atoms with Crippen LogP contribution in [0.25, 0.3) is 5.69 Å². The van der Waals surface area contributed by atoms with Crippen molar-refractivity contribution in [3.8, 4) is 5.69 Å². The fourth-order valence-corrected chi connectivity index (χ4v) is 2.95. The van der Waals surface area contributed by atoms with Gasteiger partial charge in [0.05, 0.1) is 11.4 Å². The first kappa shape index (κ1) is 13.2. The molecule has 4 nitrogen and oxygen atoms in total. The van der Waals surface area contributed by atoms with E-state index >= 15 is 0 Å². The lowest BCUT2D eigenvalue weighted by molar-refractivity contribution is 0.870. The van der Waals surface area contributed by atoms with E-state index < -0.39 is 0 Å². The molecule has 0 spiro atoms. The summed E-state index contributed by atoms with van der Waals surface area (Å²) < 4.78 is 1.97. The first-order valence-corrected chi connectivity index (χ1v) is 7.41. The van der Waals surface area contributed by atoms with E-state index in [4.69, 9.17) is 16.6 Å². The molecule has 0 bridgehead atoms. The molecule has 0 saturated heterocycles. The van der Waals surface area contributed by atoms with E-state index in [1.807, 2.05) is 34.9 Å². The van der Waals surface area contributed by atoms with Crippen molar-refractivity contribution < 1.29 is 0 Å². The standard InChI is InChI=1S/C17H13ClN4/c1-11-4-2-3-5-13(11)17-14-8-12(18)6-7-15(14)22-10-20-21-16(22)9-19-17/h2-8,10H,9H2,1H3. The third-order valence-electron chi connectivity index (χ3n) is 3.87. The third kappa shape index (κ3) is 2.04. The first-order chi connectivity index (χ1) is 10.7. The number of benzene rings is 2. The summed E-state index contributed by atoms with van der Waals surface area (Å²) in [6, 6.07) is 14.1. The van der Waals surface area contributed by atoms with Crippen LogP contribution in [0.15, 0.2) is 53.8 Å². The van der Waals surface area contributed by atoms with Gasteiger partial charge in [0.15, 0.2) is 5.82 Å². The number of halogens is 1. The Morgan fingerprint density at radius 2 is 1.95 bits per heavy atom. The number of aromatic nitrogens is 3. The molecule has 108 valence electrons. The summed E-state index contributed by atoms with van der Waals surface area (Å²) in [7, 11) is 0. The Morgan fingerprint density at radius 3 is 2.82 bits per heavy atom. The highest BCUT2D eigenvalue weighted by molar-refractivity contribution is 6.31. The average molecular weight is 309 g/mol. The summed E-state index contributed by atoms with van der Waals surface area (Å²) in [5, 5.41) is 8.85. The van der Waals surface area contributed by atoms with Gasteiger partial charge in [0.1, 0.15) is 12.9 Å². The second-order valence-electron chi connectivity index (χ2n) is 5.26. The summed E-state index contributed by atoms with van der Waals surface area (Å²) in [6.45, 7) is 2.59. The number of hydrogen-bond donors (Lipinski definition) is 0. The molecule has 0 atom stereocenters. The maximum Gasteiger partial charge on any atom is 0.159 e. The molecule has 0 amide bonds. The minimum absolute atomic E-state index is 0.496. The summed E-state index contributed by atoms with van der Waals surface area (Å²) in [5.74, 6) is 0.826. The smallest absolute Gasteiger partial charge is 0.159 e. The van der Waals surface area contributed by atoms with Crippen molar-refractivity contribution in [2.45, 2.75) is 13.5 Å². The van der Waals surface area contributed by atoms with Gasteiger partial charge < -0.3 is 0 Å². The molecule has 1 aliphatic heterocycles. The van der Waals surface area contributed by atoms with Crippen LogP contribution in [0.3, 0.4) is 0 Å². The summed E-state index contributed by atoms with van der Waals surface area (Å²) >= 11 is 6.23. The van der Waals surface area contributed by atoms with Crippen LogP contribution in [0.5, 0.6) is 0 Å². The Bertz CT molecular complexity index is 895. The lowest BCUT2D eigenvalue weighted by Crippen LogP contribution is -2.08. The monoisotopic (exact) mass is 308 g/mol. The van der Waals surface area contributed by atoms with Crippen LogP contribution in [0, 0.1) is 6.92 Å². The number of fused-ring (bicyclic) bond motifs is 3. The second kappa shape index (κ2) is 5.07. The Hall–Kier alpha value is -2.46. The molecule has 0 saturated carbocycles. The fraction of sp³-hybridized carbons (Fsp3) is 0.118. The molecule has 0 unspecified atom stereocenters. The van der Waals surface area contributed by atoms with Crippen LogP contribution in [0.4, 0.5) is 0 Å². The normalized spacial score (nSPS) is 13.1. The Kier molecular flexibility index (Phi) is 3.05. The molecule has 3 aromatic rings. The highest BCUT2D eigenvalue weighted by Crippen LogP contribution is 2.27. The van der Waals surface area contributed by atoms with E-state index in [1.54, 1.807) is 6.33 Å². The lowest BCUT2D eigenvalue weighted by Gasteiger charge is -2.13. The van der Waals surface area contributed by atoms with Gasteiger partial charge >= 0.3 is 0 Å². The van der Waals surface area contributed by atoms with Crippen molar-refractivity contribution in [2.75, 3.05) is 0 Å². The Balaban J connectivity index is 2.01. The summed E-state index contributed by atoms with van der Waals surface area (Å²) in [6.07, 6.45) is 1.72. The second-order valence-corrected chi connectivity index (χ2v) is 5.69. The van der Waals surface area contributed by atoms with Crippen molar-refractivity contribution in [2.24, 2.45) is 4.99 Å². The van der Waals surface area contributed by atoms with Gasteiger partial charge in [0.2, 0.25) is 0 Å². The zero-order valence-electron chi connectivity index (χ0n) is 12.0. The van der Waals surface area contributed by atoms with Crippen molar-refractivity contribution in [3.63, 3.8) is 0 Å². The van der Waals surface area contributed by atoms with Crippen LogP contribution in [0.2, 0.25) is 5.02 Å². The number of hydrogen-bond acceptors (Lipinski definition) is 3. The van der Waals surface area contributed by atoms with Crippen LogP contribution >= 0.6 is 11.6 Å². The molecular weight excluding hydrogens is 296 g/mol. The number of aliphatic imine (C=N–C) groups is 1. The Morgan fingerprint density at radius 1 is 1.09 bits per heavy atom. The van der Waals surface area contributed by atoms with Crippen molar-refractivity contribution >= 4 is 17.3 Å². The molecule has 2 heterocycles. The van der Waals surface area contributed by atoms with E-state index in [0.717, 1.165) is 28.4 Å². The van der Waals surface area contributed by atoms with Crippen molar-refractivity contribution in [1.29, 1.82) is 0 Å². The number of nitrogens with zero attached hydrogens (tertiary/aromatic N) is 4. The average Bonchev–Trinajstić information content (AvgIpc) is 2.92. The zero-order valence-corrected chi connectivity index (χ0v) is 12.7. The maximum absolute atomic E-state index is 6.23. The van der Waals surface area contributed by atoms with Crippen LogP contribution in [-0.2, 0) is 6.54 Å². The van der Waals surface area contributed by atoms with Gasteiger partial charge in [-0.15, -0.1) is 10.2 Å². The molecule has 5 heteroatoms. The van der Waals surface area contributed by atoms with Gasteiger partial charge in [-0.1, -0.05) is 35.9 Å². The van der Waals surface area contributed by atoms with E-state index in [0.29, 0.717) is 11.6 Å². The molecule has 0 radical (unpaired) electrons. The van der Waals surface area contributed by atoms with Crippen LogP contribution in [-0.4, -0.2) is 20.5 Å². The predicted molar refractivity (Wildman–Crippen MR) is 86.9 cm³/mol. The van der Waals surface area contributed by atoms with Gasteiger partial charge in [0.25, 0.3) is 0 Å².